The van der Waals surface area contributed by atoms with Gasteiger partial charge in [0.2, 0.25) is 0 Å². The molecule has 1 unspecified atom stereocenters. The highest BCUT2D eigenvalue weighted by atomic mass is 16.6. The molecule has 0 rings (SSSR count). The van der Waals surface area contributed by atoms with Crippen molar-refractivity contribution < 1.29 is 23.8 Å². The van der Waals surface area contributed by atoms with Crippen LogP contribution < -0.4 is 5.32 Å². The van der Waals surface area contributed by atoms with Gasteiger partial charge in [0.1, 0.15) is 6.61 Å². The number of carbonyl (C=O) groups is 2. The zero-order valence-electron chi connectivity index (χ0n) is 24.5. The molecule has 6 heteroatoms. The van der Waals surface area contributed by atoms with Crippen LogP contribution in [0.25, 0.3) is 0 Å². The number of nitrogens with one attached hydrogen (secondary N) is 1. The number of amides is 1. The first-order valence-corrected chi connectivity index (χ1v) is 15.4. The molecule has 6 nitrogen and oxygen atoms in total. The molecule has 1 N–H and O–H groups in total. The Kier molecular flexibility index (Phi) is 27.8. The number of unbranched alkanes of at least 4 members (excludes halogenated alkanes) is 16. The summed E-state index contributed by atoms with van der Waals surface area (Å²) in [5.41, 5.74) is 0. The quantitative estimate of drug-likeness (QED) is 0.0659. The van der Waals surface area contributed by atoms with Gasteiger partial charge in [-0.05, 0) is 38.5 Å². The first-order chi connectivity index (χ1) is 18.1. The maximum absolute atomic E-state index is 12.2. The van der Waals surface area contributed by atoms with E-state index in [1.165, 1.54) is 83.5 Å². The molecule has 0 fully saturated rings. The van der Waals surface area contributed by atoms with Gasteiger partial charge in [-0.3, -0.25) is 4.79 Å². The third-order valence-electron chi connectivity index (χ3n) is 6.49. The van der Waals surface area contributed by atoms with E-state index in [1.54, 1.807) is 7.11 Å². The molecule has 0 aromatic rings. The highest BCUT2D eigenvalue weighted by Crippen LogP contribution is 2.11. The van der Waals surface area contributed by atoms with Gasteiger partial charge in [0, 0.05) is 20.1 Å². The lowest BCUT2D eigenvalue weighted by atomic mass is 10.1. The fourth-order valence-electron chi connectivity index (χ4n) is 4.20. The Balaban J connectivity index is 3.70. The molecule has 0 saturated carbocycles. The molecule has 0 aliphatic carbocycles. The predicted octanol–water partition coefficient (Wildman–Crippen LogP) is 8.67. The zero-order chi connectivity index (χ0) is 27.2. The molecule has 0 aromatic heterocycles. The molecule has 0 aliphatic heterocycles. The molecule has 0 spiro atoms. The predicted molar refractivity (Wildman–Crippen MR) is 154 cm³/mol. The van der Waals surface area contributed by atoms with Gasteiger partial charge >= 0.3 is 12.1 Å². The third kappa shape index (κ3) is 27.3. The second-order valence-corrected chi connectivity index (χ2v) is 10.2. The van der Waals surface area contributed by atoms with Crippen molar-refractivity contribution in [1.82, 2.24) is 5.32 Å². The summed E-state index contributed by atoms with van der Waals surface area (Å²) < 4.78 is 15.8. The molecular weight excluding hydrogens is 466 g/mol. The topological polar surface area (TPSA) is 73.9 Å². The second-order valence-electron chi connectivity index (χ2n) is 10.2. The number of methoxy groups -OCH3 is 1. The molecule has 0 aromatic carbocycles. The minimum Gasteiger partial charge on any atom is -0.456 e. The summed E-state index contributed by atoms with van der Waals surface area (Å²) in [5.74, 6) is -0.254. The first-order valence-electron chi connectivity index (χ1n) is 15.4. The van der Waals surface area contributed by atoms with Crippen molar-refractivity contribution in [2.75, 3.05) is 26.9 Å². The fourth-order valence-corrected chi connectivity index (χ4v) is 4.20. The van der Waals surface area contributed by atoms with Crippen molar-refractivity contribution in [1.29, 1.82) is 0 Å². The van der Waals surface area contributed by atoms with E-state index >= 15 is 0 Å². The van der Waals surface area contributed by atoms with E-state index in [4.69, 9.17) is 14.2 Å². The number of rotatable bonds is 27. The Morgan fingerprint density at radius 1 is 0.676 bits per heavy atom. The van der Waals surface area contributed by atoms with Crippen molar-refractivity contribution in [2.24, 2.45) is 0 Å². The van der Waals surface area contributed by atoms with Crippen LogP contribution in [0.5, 0.6) is 0 Å². The molecule has 0 aliphatic rings. The summed E-state index contributed by atoms with van der Waals surface area (Å²) >= 11 is 0. The summed E-state index contributed by atoms with van der Waals surface area (Å²) in [6, 6.07) is 0. The maximum Gasteiger partial charge on any atom is 0.407 e. The highest BCUT2D eigenvalue weighted by Gasteiger charge is 2.16. The molecule has 0 saturated heterocycles. The molecule has 0 heterocycles. The average molecular weight is 526 g/mol. The number of allylic oxidation sites excluding steroid dienone is 2. The van der Waals surface area contributed by atoms with Crippen molar-refractivity contribution >= 4 is 12.1 Å². The maximum atomic E-state index is 12.2. The summed E-state index contributed by atoms with van der Waals surface area (Å²) in [7, 11) is 1.54. The van der Waals surface area contributed by atoms with Crippen LogP contribution in [0.4, 0.5) is 4.79 Å². The first kappa shape index (κ1) is 35.4. The lowest BCUT2D eigenvalue weighted by Crippen LogP contribution is -2.33. The van der Waals surface area contributed by atoms with E-state index in [0.717, 1.165) is 38.5 Å². The lowest BCUT2D eigenvalue weighted by Gasteiger charge is -2.17. The van der Waals surface area contributed by atoms with Gasteiger partial charge in [0.15, 0.2) is 6.10 Å². The third-order valence-corrected chi connectivity index (χ3v) is 6.49. The summed E-state index contributed by atoms with van der Waals surface area (Å²) in [6.07, 6.45) is 27.0. The van der Waals surface area contributed by atoms with Gasteiger partial charge in [0.25, 0.3) is 0 Å². The summed E-state index contributed by atoms with van der Waals surface area (Å²) in [4.78, 5) is 24.1. The van der Waals surface area contributed by atoms with Crippen LogP contribution in [0.15, 0.2) is 12.2 Å². The number of carbonyl (C=O) groups excluding carboxylic acids is 2. The molecule has 37 heavy (non-hydrogen) atoms. The number of hydrogen-bond acceptors (Lipinski definition) is 5. The molecule has 1 amide bonds. The number of alkyl carbamates (subject to hydrolysis) is 1. The summed E-state index contributed by atoms with van der Waals surface area (Å²) in [6.45, 7) is 5.28. The molecule has 0 radical (unpaired) electrons. The normalized spacial score (nSPS) is 12.1. The SMILES string of the molecule is CCCCCCCC/C=C\CCCCCCCC(=O)OC(COC)COC(=O)NCCCCCCCC. The second kappa shape index (κ2) is 29.0. The standard InChI is InChI=1S/C31H59NO5/c1-4-6-8-10-12-13-14-15-16-17-18-19-20-21-23-25-30(33)37-29(27-35-3)28-36-31(34)32-26-24-22-11-9-7-5-2/h15-16,29H,4-14,17-28H2,1-3H3,(H,32,34)/b16-15-. The number of hydrogen-bond donors (Lipinski definition) is 1. The van der Waals surface area contributed by atoms with Gasteiger partial charge in [0.05, 0.1) is 6.61 Å². The van der Waals surface area contributed by atoms with E-state index < -0.39 is 12.2 Å². The van der Waals surface area contributed by atoms with Crippen molar-refractivity contribution in [3.05, 3.63) is 12.2 Å². The summed E-state index contributed by atoms with van der Waals surface area (Å²) in [5, 5.41) is 2.76. The van der Waals surface area contributed by atoms with Crippen LogP contribution in [0, 0.1) is 0 Å². The Labute approximate surface area is 228 Å². The van der Waals surface area contributed by atoms with Crippen LogP contribution in [0.3, 0.4) is 0 Å². The van der Waals surface area contributed by atoms with Gasteiger partial charge in [-0.1, -0.05) is 109 Å². The van der Waals surface area contributed by atoms with E-state index in [2.05, 4.69) is 31.3 Å². The Hall–Kier alpha value is -1.56. The monoisotopic (exact) mass is 525 g/mol. The number of ether oxygens (including phenoxy) is 3. The molecule has 1 atom stereocenters. The van der Waals surface area contributed by atoms with Crippen LogP contribution >= 0.6 is 0 Å². The smallest absolute Gasteiger partial charge is 0.407 e. The molecule has 218 valence electrons. The highest BCUT2D eigenvalue weighted by molar-refractivity contribution is 5.69. The Bertz CT molecular complexity index is 538. The van der Waals surface area contributed by atoms with Crippen molar-refractivity contribution in [3.63, 3.8) is 0 Å². The Morgan fingerprint density at radius 3 is 1.76 bits per heavy atom. The van der Waals surface area contributed by atoms with Crippen LogP contribution in [-0.2, 0) is 19.0 Å². The fraction of sp³-hybridized carbons (Fsp3) is 0.871. The van der Waals surface area contributed by atoms with Crippen LogP contribution in [0.1, 0.15) is 142 Å². The van der Waals surface area contributed by atoms with E-state index in [1.807, 2.05) is 0 Å². The number of esters is 1. The van der Waals surface area contributed by atoms with Crippen LogP contribution in [-0.4, -0.2) is 45.0 Å². The lowest BCUT2D eigenvalue weighted by molar-refractivity contribution is -0.154. The van der Waals surface area contributed by atoms with Crippen molar-refractivity contribution in [3.8, 4) is 0 Å². The Morgan fingerprint density at radius 2 is 1.19 bits per heavy atom. The van der Waals surface area contributed by atoms with Crippen molar-refractivity contribution in [2.45, 2.75) is 148 Å². The van der Waals surface area contributed by atoms with E-state index in [9.17, 15) is 9.59 Å². The average Bonchev–Trinajstić information content (AvgIpc) is 2.89. The molecule has 0 bridgehead atoms. The van der Waals surface area contributed by atoms with Gasteiger partial charge in [-0.2, -0.15) is 0 Å². The van der Waals surface area contributed by atoms with E-state index in [-0.39, 0.29) is 19.2 Å². The van der Waals surface area contributed by atoms with Gasteiger partial charge in [-0.15, -0.1) is 0 Å². The minimum atomic E-state index is -0.569. The largest absolute Gasteiger partial charge is 0.456 e. The van der Waals surface area contributed by atoms with Gasteiger partial charge < -0.3 is 19.5 Å². The molecular formula is C31H59NO5. The minimum absolute atomic E-state index is 0.00822. The van der Waals surface area contributed by atoms with Crippen LogP contribution in [0.2, 0.25) is 0 Å². The zero-order valence-corrected chi connectivity index (χ0v) is 24.5. The van der Waals surface area contributed by atoms with E-state index in [0.29, 0.717) is 13.0 Å². The van der Waals surface area contributed by atoms with Gasteiger partial charge in [-0.25, -0.2) is 4.79 Å².